The van der Waals surface area contributed by atoms with E-state index in [0.717, 1.165) is 54.2 Å². The van der Waals surface area contributed by atoms with Crippen LogP contribution in [0.3, 0.4) is 0 Å². The van der Waals surface area contributed by atoms with Gasteiger partial charge in [0.05, 0.1) is 0 Å². The van der Waals surface area contributed by atoms with Crippen LogP contribution in [0.25, 0.3) is 10.9 Å². The summed E-state index contributed by atoms with van der Waals surface area (Å²) < 4.78 is 2.32. The molecule has 1 fully saturated rings. The Morgan fingerprint density at radius 2 is 1.57 bits per heavy atom. The number of carbonyl (C=O) groups excluding carboxylic acids is 1. The van der Waals surface area contributed by atoms with Crippen molar-refractivity contribution in [1.82, 2.24) is 9.47 Å². The normalized spacial score (nSPS) is 14.1. The average molecular weight is 486 g/mol. The van der Waals surface area contributed by atoms with Crippen molar-refractivity contribution in [2.45, 2.75) is 34.2 Å². The summed E-state index contributed by atoms with van der Waals surface area (Å²) in [5, 5.41) is 1.90. The number of rotatable bonds is 4. The van der Waals surface area contributed by atoms with E-state index in [9.17, 15) is 4.79 Å². The number of aryl methyl sites for hydroxylation is 3. The van der Waals surface area contributed by atoms with Crippen LogP contribution >= 0.6 is 11.6 Å². The zero-order valence-electron chi connectivity index (χ0n) is 20.9. The van der Waals surface area contributed by atoms with Gasteiger partial charge in [0, 0.05) is 65.6 Å². The minimum Gasteiger partial charge on any atom is -0.368 e. The Morgan fingerprint density at radius 1 is 0.857 bits per heavy atom. The average Bonchev–Trinajstić information content (AvgIpc) is 3.10. The standard InChI is InChI=1S/C30H32ClN3O/c1-20-5-6-21(2)29(17-20)32-13-15-33(16-14-32)30(35)25-9-12-28-27(18-25)22(3)23(4)34(28)19-24-7-10-26(31)11-8-24/h5-12,17-18H,13-16,19H2,1-4H3. The van der Waals surface area contributed by atoms with Crippen molar-refractivity contribution < 1.29 is 4.79 Å². The van der Waals surface area contributed by atoms with Crippen LogP contribution in [0.15, 0.2) is 60.7 Å². The lowest BCUT2D eigenvalue weighted by Gasteiger charge is -2.37. The molecular formula is C30H32ClN3O. The quantitative estimate of drug-likeness (QED) is 0.328. The number of carbonyl (C=O) groups is 1. The molecule has 5 rings (SSSR count). The largest absolute Gasteiger partial charge is 0.368 e. The lowest BCUT2D eigenvalue weighted by molar-refractivity contribution is 0.0747. The predicted molar refractivity (Wildman–Crippen MR) is 146 cm³/mol. The molecule has 0 N–H and O–H groups in total. The number of fused-ring (bicyclic) bond motifs is 1. The Hall–Kier alpha value is -3.24. The molecule has 2 heterocycles. The van der Waals surface area contributed by atoms with E-state index in [2.05, 4.69) is 79.6 Å². The van der Waals surface area contributed by atoms with Gasteiger partial charge in [0.1, 0.15) is 0 Å². The van der Waals surface area contributed by atoms with Crippen LogP contribution in [0.1, 0.15) is 38.3 Å². The number of hydrogen-bond acceptors (Lipinski definition) is 2. The van der Waals surface area contributed by atoms with Gasteiger partial charge in [-0.25, -0.2) is 0 Å². The molecule has 0 aliphatic carbocycles. The Balaban J connectivity index is 1.35. The monoisotopic (exact) mass is 485 g/mol. The molecule has 0 radical (unpaired) electrons. The molecule has 1 aliphatic rings. The highest BCUT2D eigenvalue weighted by Gasteiger charge is 2.24. The van der Waals surface area contributed by atoms with Gasteiger partial charge in [0.15, 0.2) is 0 Å². The first-order valence-corrected chi connectivity index (χ1v) is 12.6. The van der Waals surface area contributed by atoms with Gasteiger partial charge in [-0.15, -0.1) is 0 Å². The molecule has 3 aromatic carbocycles. The summed E-state index contributed by atoms with van der Waals surface area (Å²) in [6.07, 6.45) is 0. The van der Waals surface area contributed by atoms with Crippen LogP contribution in [0, 0.1) is 27.7 Å². The van der Waals surface area contributed by atoms with Crippen molar-refractivity contribution in [3.05, 3.63) is 99.2 Å². The number of piperazine rings is 1. The Morgan fingerprint density at radius 3 is 2.29 bits per heavy atom. The first-order valence-electron chi connectivity index (χ1n) is 12.3. The fourth-order valence-electron chi connectivity index (χ4n) is 5.15. The van der Waals surface area contributed by atoms with Crippen molar-refractivity contribution in [3.63, 3.8) is 0 Å². The van der Waals surface area contributed by atoms with E-state index in [1.54, 1.807) is 0 Å². The Bertz CT molecular complexity index is 1400. The Kier molecular flexibility index (Phi) is 6.33. The van der Waals surface area contributed by atoms with E-state index in [1.807, 2.05) is 23.1 Å². The molecular weight excluding hydrogens is 454 g/mol. The third-order valence-electron chi connectivity index (χ3n) is 7.41. The predicted octanol–water partition coefficient (Wildman–Crippen LogP) is 6.54. The van der Waals surface area contributed by atoms with Gasteiger partial charge in [-0.05, 0) is 86.3 Å². The van der Waals surface area contributed by atoms with Gasteiger partial charge < -0.3 is 14.4 Å². The molecule has 35 heavy (non-hydrogen) atoms. The summed E-state index contributed by atoms with van der Waals surface area (Å²) in [6, 6.07) is 20.8. The minimum atomic E-state index is 0.120. The van der Waals surface area contributed by atoms with Gasteiger partial charge in [-0.1, -0.05) is 35.9 Å². The van der Waals surface area contributed by atoms with Crippen molar-refractivity contribution in [2.75, 3.05) is 31.1 Å². The number of aromatic nitrogens is 1. The smallest absolute Gasteiger partial charge is 0.253 e. The maximum Gasteiger partial charge on any atom is 0.253 e. The van der Waals surface area contributed by atoms with E-state index in [4.69, 9.17) is 11.6 Å². The number of anilines is 1. The van der Waals surface area contributed by atoms with Crippen molar-refractivity contribution in [1.29, 1.82) is 0 Å². The number of hydrogen-bond donors (Lipinski definition) is 0. The molecule has 0 unspecified atom stereocenters. The number of amides is 1. The maximum atomic E-state index is 13.4. The third-order valence-corrected chi connectivity index (χ3v) is 7.66. The third kappa shape index (κ3) is 4.55. The number of nitrogens with zero attached hydrogens (tertiary/aromatic N) is 3. The first-order chi connectivity index (χ1) is 16.8. The molecule has 0 spiro atoms. The van der Waals surface area contributed by atoms with Gasteiger partial charge in [-0.3, -0.25) is 4.79 Å². The molecule has 0 saturated carbocycles. The summed E-state index contributed by atoms with van der Waals surface area (Å²) in [5.41, 5.74) is 9.42. The fraction of sp³-hybridized carbons (Fsp3) is 0.300. The second-order valence-electron chi connectivity index (χ2n) is 9.72. The van der Waals surface area contributed by atoms with E-state index in [-0.39, 0.29) is 5.91 Å². The van der Waals surface area contributed by atoms with Crippen LogP contribution < -0.4 is 4.90 Å². The molecule has 4 aromatic rings. The highest BCUT2D eigenvalue weighted by Crippen LogP contribution is 2.29. The SMILES string of the molecule is Cc1ccc(C)c(N2CCN(C(=O)c3ccc4c(c3)c(C)c(C)n4Cc3ccc(Cl)cc3)CC2)c1. The highest BCUT2D eigenvalue weighted by atomic mass is 35.5. The van der Waals surface area contributed by atoms with Crippen LogP contribution in [-0.4, -0.2) is 41.6 Å². The first kappa shape index (κ1) is 23.5. The summed E-state index contributed by atoms with van der Waals surface area (Å²) in [4.78, 5) is 17.8. The summed E-state index contributed by atoms with van der Waals surface area (Å²) >= 11 is 6.06. The highest BCUT2D eigenvalue weighted by molar-refractivity contribution is 6.30. The fourth-order valence-corrected chi connectivity index (χ4v) is 5.28. The lowest BCUT2D eigenvalue weighted by atomic mass is 10.1. The van der Waals surface area contributed by atoms with Crippen molar-refractivity contribution in [2.24, 2.45) is 0 Å². The summed E-state index contributed by atoms with van der Waals surface area (Å²) in [5.74, 6) is 0.120. The van der Waals surface area contributed by atoms with Gasteiger partial charge in [-0.2, -0.15) is 0 Å². The maximum absolute atomic E-state index is 13.4. The molecule has 0 atom stereocenters. The van der Waals surface area contributed by atoms with E-state index in [0.29, 0.717) is 0 Å². The molecule has 5 heteroatoms. The molecule has 1 amide bonds. The van der Waals surface area contributed by atoms with Crippen LogP contribution in [0.4, 0.5) is 5.69 Å². The van der Waals surface area contributed by atoms with Crippen LogP contribution in [0.2, 0.25) is 5.02 Å². The molecule has 0 bridgehead atoms. The van der Waals surface area contributed by atoms with Gasteiger partial charge in [0.25, 0.3) is 5.91 Å². The molecule has 180 valence electrons. The topological polar surface area (TPSA) is 28.5 Å². The number of benzene rings is 3. The summed E-state index contributed by atoms with van der Waals surface area (Å²) in [6.45, 7) is 12.5. The van der Waals surface area contributed by atoms with Crippen LogP contribution in [0.5, 0.6) is 0 Å². The van der Waals surface area contributed by atoms with Crippen molar-refractivity contribution >= 4 is 34.1 Å². The van der Waals surface area contributed by atoms with Crippen LogP contribution in [-0.2, 0) is 6.54 Å². The van der Waals surface area contributed by atoms with Gasteiger partial charge in [0.2, 0.25) is 0 Å². The zero-order valence-corrected chi connectivity index (χ0v) is 21.7. The zero-order chi connectivity index (χ0) is 24.7. The molecule has 1 aromatic heterocycles. The van der Waals surface area contributed by atoms with E-state index >= 15 is 0 Å². The van der Waals surface area contributed by atoms with E-state index in [1.165, 1.54) is 33.6 Å². The Labute approximate surface area is 212 Å². The van der Waals surface area contributed by atoms with Gasteiger partial charge >= 0.3 is 0 Å². The lowest BCUT2D eigenvalue weighted by Crippen LogP contribution is -2.49. The van der Waals surface area contributed by atoms with Crippen molar-refractivity contribution in [3.8, 4) is 0 Å². The number of halogens is 1. The molecule has 4 nitrogen and oxygen atoms in total. The molecule has 1 aliphatic heterocycles. The van der Waals surface area contributed by atoms with E-state index < -0.39 is 0 Å². The minimum absolute atomic E-state index is 0.120. The molecule has 1 saturated heterocycles. The second-order valence-corrected chi connectivity index (χ2v) is 10.2. The summed E-state index contributed by atoms with van der Waals surface area (Å²) in [7, 11) is 0. The second kappa shape index (κ2) is 9.43.